The van der Waals surface area contributed by atoms with Crippen LogP contribution in [0.25, 0.3) is 0 Å². The molecule has 0 aromatic heterocycles. The lowest BCUT2D eigenvalue weighted by Gasteiger charge is -2.34. The van der Waals surface area contributed by atoms with Crippen molar-refractivity contribution in [1.82, 2.24) is 5.32 Å². The zero-order valence-corrected chi connectivity index (χ0v) is 17.2. The highest BCUT2D eigenvalue weighted by Crippen LogP contribution is 2.24. The Morgan fingerprint density at radius 1 is 0.957 bits per heavy atom. The summed E-state index contributed by atoms with van der Waals surface area (Å²) in [6.07, 6.45) is 3.80. The first kappa shape index (κ1) is 23.0. The van der Waals surface area contributed by atoms with Crippen LogP contribution in [-0.4, -0.2) is 48.5 Å². The molecule has 1 unspecified atom stereocenters. The summed E-state index contributed by atoms with van der Waals surface area (Å²) in [4.78, 5) is 0. The minimum absolute atomic E-state index is 0.0222. The van der Waals surface area contributed by atoms with Gasteiger partial charge in [0.1, 0.15) is 6.23 Å². The van der Waals surface area contributed by atoms with Crippen LogP contribution < -0.4 is 5.32 Å². The van der Waals surface area contributed by atoms with Gasteiger partial charge in [-0.05, 0) is 38.1 Å². The molecule has 140 valence electrons. The Kier molecular flexibility index (Phi) is 14.4. The van der Waals surface area contributed by atoms with Crippen molar-refractivity contribution in [2.24, 2.45) is 5.92 Å². The summed E-state index contributed by atoms with van der Waals surface area (Å²) in [6, 6.07) is 0.864. The van der Waals surface area contributed by atoms with E-state index in [2.05, 4.69) is 39.9 Å². The van der Waals surface area contributed by atoms with Crippen molar-refractivity contribution >= 4 is 8.80 Å². The molecule has 0 aromatic rings. The van der Waals surface area contributed by atoms with Gasteiger partial charge in [-0.15, -0.1) is 0 Å². The summed E-state index contributed by atoms with van der Waals surface area (Å²) in [5.41, 5.74) is 0. The quantitative estimate of drug-likeness (QED) is 0.261. The van der Waals surface area contributed by atoms with Gasteiger partial charge in [0.25, 0.3) is 0 Å². The van der Waals surface area contributed by atoms with Crippen molar-refractivity contribution < 1.29 is 18.0 Å². The molecule has 0 aliphatic rings. The van der Waals surface area contributed by atoms with E-state index in [4.69, 9.17) is 18.0 Å². The largest absolute Gasteiger partial charge is 0.502 e. The Bertz CT molecular complexity index is 259. The molecular formula is C17H39NO4Si. The second-order valence-electron chi connectivity index (χ2n) is 6.29. The molecule has 0 heterocycles. The molecule has 0 fully saturated rings. The second kappa shape index (κ2) is 14.4. The molecule has 0 aliphatic heterocycles. The lowest BCUT2D eigenvalue weighted by atomic mass is 10.3. The molecular weight excluding hydrogens is 310 g/mol. The summed E-state index contributed by atoms with van der Waals surface area (Å²) in [5, 5.41) is 3.46. The fourth-order valence-corrected chi connectivity index (χ4v) is 5.52. The minimum atomic E-state index is -2.65. The lowest BCUT2D eigenvalue weighted by Crippen LogP contribution is -2.52. The number of methoxy groups -OCH3 is 1. The predicted octanol–water partition coefficient (Wildman–Crippen LogP) is 3.81. The fourth-order valence-electron chi connectivity index (χ4n) is 2.26. The summed E-state index contributed by atoms with van der Waals surface area (Å²) in [5.74, 6) is 0.487. The number of ether oxygens (including phenoxy) is 1. The summed E-state index contributed by atoms with van der Waals surface area (Å²) < 4.78 is 23.9. The van der Waals surface area contributed by atoms with Gasteiger partial charge in [0.2, 0.25) is 0 Å². The smallest absolute Gasteiger partial charge is 0.385 e. The van der Waals surface area contributed by atoms with Crippen molar-refractivity contribution in [3.05, 3.63) is 0 Å². The molecule has 0 radical (unpaired) electrons. The molecule has 5 nitrogen and oxygen atoms in total. The van der Waals surface area contributed by atoms with Crippen molar-refractivity contribution in [2.45, 2.75) is 72.6 Å². The van der Waals surface area contributed by atoms with Gasteiger partial charge in [-0.25, -0.2) is 0 Å². The van der Waals surface area contributed by atoms with Gasteiger partial charge in [0, 0.05) is 33.0 Å². The van der Waals surface area contributed by atoms with E-state index in [1.807, 2.05) is 0 Å². The van der Waals surface area contributed by atoms with Gasteiger partial charge in [0.15, 0.2) is 0 Å². The summed E-state index contributed by atoms with van der Waals surface area (Å²) in [6.45, 7) is 13.8. The third-order valence-electron chi connectivity index (χ3n) is 3.30. The maximum absolute atomic E-state index is 6.43. The highest BCUT2D eigenvalue weighted by atomic mass is 28.4. The first-order valence-electron chi connectivity index (χ1n) is 9.21. The molecule has 0 saturated carbocycles. The molecule has 1 atom stereocenters. The standard InChI is InChI=1S/C17H39NO4Si/c1-7-12-20-23(15-16(4)5,21-13-8-2)22-17(9-3)18-11-10-14-19-6/h16-18H,7-15H2,1-6H3. The SMILES string of the molecule is CCCO[Si](CC(C)C)(OCCC)OC(CC)NCCCOC. The molecule has 23 heavy (non-hydrogen) atoms. The van der Waals surface area contributed by atoms with Crippen molar-refractivity contribution in [2.75, 3.05) is 33.5 Å². The van der Waals surface area contributed by atoms with E-state index in [1.54, 1.807) is 7.11 Å². The normalized spacial score (nSPS) is 13.7. The second-order valence-corrected chi connectivity index (χ2v) is 8.88. The first-order valence-corrected chi connectivity index (χ1v) is 11.1. The maximum atomic E-state index is 6.43. The van der Waals surface area contributed by atoms with Crippen LogP contribution in [0.15, 0.2) is 0 Å². The molecule has 0 aliphatic carbocycles. The van der Waals surface area contributed by atoms with E-state index in [-0.39, 0.29) is 6.23 Å². The van der Waals surface area contributed by atoms with Crippen molar-refractivity contribution in [3.63, 3.8) is 0 Å². The first-order chi connectivity index (χ1) is 11.0. The monoisotopic (exact) mass is 349 g/mol. The zero-order valence-electron chi connectivity index (χ0n) is 16.2. The van der Waals surface area contributed by atoms with E-state index < -0.39 is 8.80 Å². The van der Waals surface area contributed by atoms with Crippen LogP contribution in [0.1, 0.15) is 60.3 Å². The third kappa shape index (κ3) is 11.2. The van der Waals surface area contributed by atoms with Crippen LogP contribution in [0, 0.1) is 5.92 Å². The van der Waals surface area contributed by atoms with E-state index in [9.17, 15) is 0 Å². The Morgan fingerprint density at radius 3 is 2.00 bits per heavy atom. The van der Waals surface area contributed by atoms with Crippen LogP contribution in [0.2, 0.25) is 6.04 Å². The van der Waals surface area contributed by atoms with Crippen LogP contribution in [0.5, 0.6) is 0 Å². The Hall–Kier alpha value is 0.0169. The highest BCUT2D eigenvalue weighted by Gasteiger charge is 2.43. The maximum Gasteiger partial charge on any atom is 0.502 e. The number of hydrogen-bond donors (Lipinski definition) is 1. The van der Waals surface area contributed by atoms with Crippen LogP contribution in [0.3, 0.4) is 0 Å². The number of nitrogens with one attached hydrogen (secondary N) is 1. The van der Waals surface area contributed by atoms with Crippen LogP contribution >= 0.6 is 0 Å². The van der Waals surface area contributed by atoms with Crippen molar-refractivity contribution in [3.8, 4) is 0 Å². The highest BCUT2D eigenvalue weighted by molar-refractivity contribution is 6.60. The number of hydrogen-bond acceptors (Lipinski definition) is 5. The van der Waals surface area contributed by atoms with E-state index in [0.29, 0.717) is 19.1 Å². The summed E-state index contributed by atoms with van der Waals surface area (Å²) in [7, 11) is -0.919. The van der Waals surface area contributed by atoms with Gasteiger partial charge in [0.05, 0.1) is 0 Å². The van der Waals surface area contributed by atoms with E-state index >= 15 is 0 Å². The molecule has 0 spiro atoms. The summed E-state index contributed by atoms with van der Waals surface area (Å²) >= 11 is 0. The van der Waals surface area contributed by atoms with Gasteiger partial charge in [-0.3, -0.25) is 5.32 Å². The molecule has 0 rings (SSSR count). The van der Waals surface area contributed by atoms with Crippen LogP contribution in [-0.2, 0) is 18.0 Å². The van der Waals surface area contributed by atoms with Crippen molar-refractivity contribution in [1.29, 1.82) is 0 Å². The molecule has 0 amide bonds. The molecule has 6 heteroatoms. The third-order valence-corrected chi connectivity index (χ3v) is 6.55. The van der Waals surface area contributed by atoms with E-state index in [1.165, 1.54) is 0 Å². The van der Waals surface area contributed by atoms with E-state index in [0.717, 1.165) is 44.9 Å². The zero-order chi connectivity index (χ0) is 17.6. The Morgan fingerprint density at radius 2 is 1.57 bits per heavy atom. The van der Waals surface area contributed by atoms with Gasteiger partial charge in [-0.2, -0.15) is 0 Å². The average molecular weight is 350 g/mol. The molecule has 0 aromatic carbocycles. The Balaban J connectivity index is 4.81. The van der Waals surface area contributed by atoms with Gasteiger partial charge >= 0.3 is 8.80 Å². The van der Waals surface area contributed by atoms with Gasteiger partial charge in [-0.1, -0.05) is 34.6 Å². The minimum Gasteiger partial charge on any atom is -0.385 e. The van der Waals surface area contributed by atoms with Crippen LogP contribution in [0.4, 0.5) is 0 Å². The predicted molar refractivity (Wildman–Crippen MR) is 97.5 cm³/mol. The lowest BCUT2D eigenvalue weighted by molar-refractivity contribution is 0.0102. The molecule has 0 saturated heterocycles. The molecule has 0 bridgehead atoms. The Labute approximate surface area is 144 Å². The topological polar surface area (TPSA) is 49.0 Å². The number of rotatable bonds is 16. The molecule has 1 N–H and O–H groups in total. The van der Waals surface area contributed by atoms with Gasteiger partial charge < -0.3 is 18.0 Å². The fraction of sp³-hybridized carbons (Fsp3) is 1.00. The average Bonchev–Trinajstić information content (AvgIpc) is 2.53.